The largest absolute Gasteiger partial charge is 0.669 e. The number of carbonyl (C=O) groups excluding carboxylic acids is 1. The van der Waals surface area contributed by atoms with E-state index in [0.29, 0.717) is 31.6 Å². The molecule has 0 amide bonds. The van der Waals surface area contributed by atoms with Crippen molar-refractivity contribution < 1.29 is 29.3 Å². The maximum absolute atomic E-state index is 11.6. The van der Waals surface area contributed by atoms with Crippen molar-refractivity contribution in [2.45, 2.75) is 24.3 Å². The highest BCUT2D eigenvalue weighted by atomic mass is 16.6. The van der Waals surface area contributed by atoms with Crippen LogP contribution in [0.5, 0.6) is 11.5 Å². The number of likely N-dealkylation sites (tertiary alicyclic amines) is 1. The highest BCUT2D eigenvalue weighted by Gasteiger charge is 2.55. The summed E-state index contributed by atoms with van der Waals surface area (Å²) >= 11 is 0. The summed E-state index contributed by atoms with van der Waals surface area (Å²) in [5.41, 5.74) is 5.91. The lowest BCUT2D eigenvalue weighted by atomic mass is 9.68. The average Bonchev–Trinajstić information content (AvgIpc) is 3.25. The maximum Gasteiger partial charge on any atom is 0.434 e. The Hall–Kier alpha value is -1.81. The first-order valence-corrected chi connectivity index (χ1v) is 8.16. The third-order valence-electron chi connectivity index (χ3n) is 5.10. The summed E-state index contributed by atoms with van der Waals surface area (Å²) in [6.07, 6.45) is 0.437. The predicted octanol–water partition coefficient (Wildman–Crippen LogP) is -1.75. The van der Waals surface area contributed by atoms with Crippen LogP contribution < -0.4 is 20.2 Å². The summed E-state index contributed by atoms with van der Waals surface area (Å²) in [5, 5.41) is 31.6. The van der Waals surface area contributed by atoms with Crippen molar-refractivity contribution in [2.24, 2.45) is 5.73 Å². The Morgan fingerprint density at radius 1 is 1.46 bits per heavy atom. The van der Waals surface area contributed by atoms with Gasteiger partial charge in [0, 0.05) is 26.2 Å². The van der Waals surface area contributed by atoms with Crippen molar-refractivity contribution in [1.29, 1.82) is 0 Å². The van der Waals surface area contributed by atoms with Gasteiger partial charge in [0.05, 0.1) is 17.3 Å². The molecule has 24 heavy (non-hydrogen) atoms. The lowest BCUT2D eigenvalue weighted by Gasteiger charge is -2.40. The highest BCUT2D eigenvalue weighted by molar-refractivity contribution is 6.62. The van der Waals surface area contributed by atoms with Gasteiger partial charge in [-0.1, -0.05) is 18.3 Å². The first kappa shape index (κ1) is 15.7. The average molecular weight is 334 g/mol. The summed E-state index contributed by atoms with van der Waals surface area (Å²) in [6.45, 7) is -0.387. The zero-order valence-electron chi connectivity index (χ0n) is 13.1. The molecule has 1 aromatic carbocycles. The molecule has 9 heteroatoms. The van der Waals surface area contributed by atoms with Gasteiger partial charge >= 0.3 is 6.75 Å². The van der Waals surface area contributed by atoms with Crippen LogP contribution >= 0.6 is 0 Å². The molecule has 2 unspecified atom stereocenters. The molecule has 0 bridgehead atoms. The van der Waals surface area contributed by atoms with Crippen LogP contribution in [-0.2, 0) is 0 Å². The van der Waals surface area contributed by atoms with Crippen LogP contribution in [0, 0.1) is 0 Å². The number of ether oxygens (including phenoxy) is 1. The fourth-order valence-corrected chi connectivity index (χ4v) is 3.75. The molecule has 4 rings (SSSR count). The molecule has 130 valence electrons. The molecule has 1 aromatic rings. The van der Waals surface area contributed by atoms with Crippen molar-refractivity contribution in [2.75, 3.05) is 26.2 Å². The van der Waals surface area contributed by atoms with Crippen molar-refractivity contribution in [3.8, 4) is 11.5 Å². The molecule has 1 saturated heterocycles. The molecule has 1 aliphatic carbocycles. The minimum atomic E-state index is -3.05. The van der Waals surface area contributed by atoms with E-state index in [1.807, 2.05) is 0 Å². The molecule has 8 nitrogen and oxygen atoms in total. The SMILES string of the molecule is NCCN1CC(Oc2ccc3c(c2C(=O)[O-])O[B-](O)(O)C2CC32)C1. The van der Waals surface area contributed by atoms with Crippen molar-refractivity contribution in [1.82, 2.24) is 4.90 Å². The standard InChI is InChI=1S/C15H20BN2O6/c17-3-4-18-6-8(7-18)23-12-2-1-9-10-5-11(10)16(21,22)24-14(9)13(12)15(19)20/h1-2,8,10-11,21-22H,3-7,17H2,(H,19,20)/q-1/p-1. The predicted molar refractivity (Wildman–Crippen MR) is 82.6 cm³/mol. The number of nitrogens with two attached hydrogens (primary N) is 1. The molecular formula is C15H19BN2O6-2. The van der Waals surface area contributed by atoms with Crippen molar-refractivity contribution >= 4 is 12.7 Å². The Balaban J connectivity index is 1.61. The molecule has 0 spiro atoms. The lowest BCUT2D eigenvalue weighted by Crippen LogP contribution is -2.55. The molecule has 2 atom stereocenters. The van der Waals surface area contributed by atoms with Gasteiger partial charge in [-0.3, -0.25) is 4.90 Å². The molecule has 3 aliphatic rings. The number of benzene rings is 1. The Morgan fingerprint density at radius 3 is 2.88 bits per heavy atom. The molecule has 2 aliphatic heterocycles. The number of fused-ring (bicyclic) bond motifs is 3. The number of carbonyl (C=O) groups is 1. The molecule has 0 radical (unpaired) electrons. The van der Waals surface area contributed by atoms with Gasteiger partial charge in [-0.05, 0) is 17.5 Å². The second-order valence-corrected chi connectivity index (χ2v) is 6.82. The monoisotopic (exact) mass is 334 g/mol. The van der Waals surface area contributed by atoms with E-state index in [4.69, 9.17) is 15.1 Å². The van der Waals surface area contributed by atoms with Gasteiger partial charge in [-0.2, -0.15) is 0 Å². The summed E-state index contributed by atoms with van der Waals surface area (Å²) in [7, 11) is 0. The quantitative estimate of drug-likeness (QED) is 0.541. The van der Waals surface area contributed by atoms with Gasteiger partial charge in [0.2, 0.25) is 0 Å². The number of hydrogen-bond acceptors (Lipinski definition) is 8. The number of carboxylic acids is 1. The summed E-state index contributed by atoms with van der Waals surface area (Å²) in [6, 6.07) is 3.34. The number of hydrogen-bond donors (Lipinski definition) is 3. The van der Waals surface area contributed by atoms with E-state index >= 15 is 0 Å². The number of rotatable bonds is 5. The van der Waals surface area contributed by atoms with Crippen LogP contribution in [0.1, 0.15) is 28.3 Å². The van der Waals surface area contributed by atoms with Crippen LogP contribution in [-0.4, -0.2) is 60.0 Å². The fraction of sp³-hybridized carbons (Fsp3) is 0.533. The highest BCUT2D eigenvalue weighted by Crippen LogP contribution is 2.63. The van der Waals surface area contributed by atoms with E-state index < -0.39 is 12.7 Å². The van der Waals surface area contributed by atoms with Gasteiger partial charge in [-0.25, -0.2) is 0 Å². The Labute approximate surface area is 138 Å². The Kier molecular flexibility index (Phi) is 3.50. The minimum Gasteiger partial charge on any atom is -0.669 e. The van der Waals surface area contributed by atoms with Gasteiger partial charge in [0.25, 0.3) is 0 Å². The Bertz CT molecular complexity index is 691. The second kappa shape index (κ2) is 5.35. The third kappa shape index (κ3) is 2.44. The van der Waals surface area contributed by atoms with E-state index in [9.17, 15) is 19.9 Å². The van der Waals surface area contributed by atoms with Crippen LogP contribution in [0.25, 0.3) is 0 Å². The number of nitrogens with zero attached hydrogens (tertiary/aromatic N) is 1. The number of carboxylic acid groups (broad SMARTS) is 1. The molecular weight excluding hydrogens is 315 g/mol. The normalized spacial score (nSPS) is 27.5. The summed E-state index contributed by atoms with van der Waals surface area (Å²) < 4.78 is 11.0. The van der Waals surface area contributed by atoms with Crippen molar-refractivity contribution in [3.63, 3.8) is 0 Å². The molecule has 4 N–H and O–H groups in total. The van der Waals surface area contributed by atoms with Gasteiger partial charge < -0.3 is 35.1 Å². The van der Waals surface area contributed by atoms with Crippen LogP contribution in [0.3, 0.4) is 0 Å². The topological polar surface area (TPSA) is 128 Å². The van der Waals surface area contributed by atoms with Crippen LogP contribution in [0.15, 0.2) is 12.1 Å². The summed E-state index contributed by atoms with van der Waals surface area (Å²) in [5.74, 6) is -1.80. The van der Waals surface area contributed by atoms with E-state index in [0.717, 1.165) is 6.54 Å². The van der Waals surface area contributed by atoms with Crippen molar-refractivity contribution in [3.05, 3.63) is 23.3 Å². The van der Waals surface area contributed by atoms with Crippen LogP contribution in [0.4, 0.5) is 0 Å². The fourth-order valence-electron chi connectivity index (χ4n) is 3.75. The van der Waals surface area contributed by atoms with E-state index in [2.05, 4.69) is 4.90 Å². The van der Waals surface area contributed by atoms with Gasteiger partial charge in [-0.15, -0.1) is 0 Å². The molecule has 2 fully saturated rings. The lowest BCUT2D eigenvalue weighted by molar-refractivity contribution is -0.255. The van der Waals surface area contributed by atoms with Gasteiger partial charge in [0.1, 0.15) is 11.9 Å². The van der Waals surface area contributed by atoms with Gasteiger partial charge in [0.15, 0.2) is 0 Å². The van der Waals surface area contributed by atoms with E-state index in [1.54, 1.807) is 12.1 Å². The Morgan fingerprint density at radius 2 is 2.21 bits per heavy atom. The zero-order valence-corrected chi connectivity index (χ0v) is 13.1. The molecule has 2 heterocycles. The first-order chi connectivity index (χ1) is 11.4. The summed E-state index contributed by atoms with van der Waals surface area (Å²) in [4.78, 5) is 13.7. The molecule has 0 aromatic heterocycles. The van der Waals surface area contributed by atoms with Crippen LogP contribution in [0.2, 0.25) is 5.82 Å². The maximum atomic E-state index is 11.6. The minimum absolute atomic E-state index is 0.0330. The van der Waals surface area contributed by atoms with E-state index in [-0.39, 0.29) is 34.9 Å². The zero-order chi connectivity index (χ0) is 17.1. The number of aromatic carboxylic acids is 1. The smallest absolute Gasteiger partial charge is 0.434 e. The first-order valence-electron chi connectivity index (χ1n) is 8.16. The third-order valence-corrected chi connectivity index (χ3v) is 5.10. The van der Waals surface area contributed by atoms with E-state index in [1.165, 1.54) is 0 Å². The second-order valence-electron chi connectivity index (χ2n) is 6.82. The molecule has 1 saturated carbocycles.